The lowest BCUT2D eigenvalue weighted by molar-refractivity contribution is 0.466. The summed E-state index contributed by atoms with van der Waals surface area (Å²) in [6.07, 6.45) is 11.2. The van der Waals surface area contributed by atoms with Gasteiger partial charge in [0.2, 0.25) is 0 Å². The predicted molar refractivity (Wildman–Crippen MR) is 262 cm³/mol. The van der Waals surface area contributed by atoms with Crippen LogP contribution in [0.5, 0.6) is 0 Å². The Bertz CT molecular complexity index is 3440. The van der Waals surface area contributed by atoms with Crippen LogP contribution in [0.15, 0.2) is 222 Å². The number of hydrogen-bond acceptors (Lipinski definition) is 3. The fraction of sp³-hybridized carbons (Fsp3) is 0.0667. The molecule has 1 heterocycles. The summed E-state index contributed by atoms with van der Waals surface area (Å²) in [6, 6.07) is 64.1. The zero-order valence-electron chi connectivity index (χ0n) is 35.1. The van der Waals surface area contributed by atoms with E-state index in [9.17, 15) is 0 Å². The number of anilines is 5. The third kappa shape index (κ3) is 5.28. The van der Waals surface area contributed by atoms with Crippen molar-refractivity contribution in [3.63, 3.8) is 0 Å². The number of para-hydroxylation sites is 2. The largest absolute Gasteiger partial charge is 0.459 e. The van der Waals surface area contributed by atoms with Gasteiger partial charge in [0.15, 0.2) is 0 Å². The standard InChI is InChI=1S/C60H42N2O/c1-3-22-55-44(4-2)56-57-51(36-21-37-52(57)62(43-28-12-7-13-29-43)54-39-40-23-14-15-30-45(40)46-31-16-17-33-48(46)54)60(59(56)63-55)50-35-19-18-32-47(50)49-34-20-38-53(58(49)60)61(41-24-8-5-9-25-41)42-26-10-6-11-27-42/h3,5-12,14-28,30-39H,4H2,1-2H3/b22-3-. The molecule has 8 aromatic carbocycles. The Morgan fingerprint density at radius 2 is 1.24 bits per heavy atom. The first kappa shape index (κ1) is 36.8. The highest BCUT2D eigenvalue weighted by molar-refractivity contribution is 6.15. The van der Waals surface area contributed by atoms with Crippen molar-refractivity contribution in [1.29, 1.82) is 0 Å². The Morgan fingerprint density at radius 3 is 1.98 bits per heavy atom. The van der Waals surface area contributed by atoms with Gasteiger partial charge in [-0.25, -0.2) is 0 Å². The molecule has 1 atom stereocenters. The van der Waals surface area contributed by atoms with Crippen LogP contribution in [0, 0.1) is 0 Å². The molecular formula is C60H42N2O. The third-order valence-corrected chi connectivity index (χ3v) is 13.2. The lowest BCUT2D eigenvalue weighted by Crippen LogP contribution is -2.28. The molecule has 3 aliphatic rings. The van der Waals surface area contributed by atoms with Crippen molar-refractivity contribution < 1.29 is 4.42 Å². The molecule has 0 saturated carbocycles. The maximum Gasteiger partial charge on any atom is 0.132 e. The van der Waals surface area contributed by atoms with Gasteiger partial charge in [0.1, 0.15) is 16.9 Å². The van der Waals surface area contributed by atoms with Gasteiger partial charge in [0.05, 0.1) is 22.8 Å². The van der Waals surface area contributed by atoms with Gasteiger partial charge in [-0.2, -0.15) is 0 Å². The van der Waals surface area contributed by atoms with Crippen LogP contribution < -0.4 is 9.80 Å². The fourth-order valence-corrected chi connectivity index (χ4v) is 10.8. The summed E-state index contributed by atoms with van der Waals surface area (Å²) in [5.41, 5.74) is 22.0. The van der Waals surface area contributed by atoms with Crippen LogP contribution in [0.2, 0.25) is 0 Å². The Kier molecular flexibility index (Phi) is 8.49. The minimum absolute atomic E-state index is 0.794. The lowest BCUT2D eigenvalue weighted by Gasteiger charge is -2.35. The van der Waals surface area contributed by atoms with Crippen molar-refractivity contribution in [2.45, 2.75) is 25.7 Å². The molecule has 1 aromatic heterocycles. The molecule has 0 N–H and O–H groups in total. The number of allylic oxidation sites excluding steroid dienone is 4. The predicted octanol–water partition coefficient (Wildman–Crippen LogP) is 15.9. The zero-order valence-corrected chi connectivity index (χ0v) is 35.1. The van der Waals surface area contributed by atoms with Crippen LogP contribution in [0.1, 0.15) is 47.6 Å². The van der Waals surface area contributed by atoms with Crippen LogP contribution in [-0.2, 0) is 11.8 Å². The van der Waals surface area contributed by atoms with Crippen LogP contribution >= 0.6 is 0 Å². The van der Waals surface area contributed by atoms with Gasteiger partial charge >= 0.3 is 0 Å². The second-order valence-corrected chi connectivity index (χ2v) is 16.4. The van der Waals surface area contributed by atoms with Gasteiger partial charge < -0.3 is 14.2 Å². The molecule has 3 heteroatoms. The summed E-state index contributed by atoms with van der Waals surface area (Å²) in [6.45, 7) is 4.33. The van der Waals surface area contributed by atoms with Gasteiger partial charge in [-0.15, -0.1) is 0 Å². The van der Waals surface area contributed by atoms with Crippen LogP contribution in [0.4, 0.5) is 28.4 Å². The van der Waals surface area contributed by atoms with Crippen molar-refractivity contribution in [1.82, 2.24) is 0 Å². The zero-order chi connectivity index (χ0) is 42.1. The molecule has 1 unspecified atom stereocenters. The molecule has 9 aromatic rings. The minimum atomic E-state index is -0.807. The second-order valence-electron chi connectivity index (χ2n) is 16.4. The first-order chi connectivity index (χ1) is 31.2. The molecule has 0 amide bonds. The van der Waals surface area contributed by atoms with E-state index in [0.29, 0.717) is 0 Å². The molecule has 0 fully saturated rings. The number of rotatable bonds is 8. The summed E-state index contributed by atoms with van der Waals surface area (Å²) in [5, 5.41) is 4.78. The third-order valence-electron chi connectivity index (χ3n) is 13.2. The highest BCUT2D eigenvalue weighted by atomic mass is 16.3. The van der Waals surface area contributed by atoms with Crippen LogP contribution in [0.3, 0.4) is 0 Å². The highest BCUT2D eigenvalue weighted by Crippen LogP contribution is 2.68. The number of furan rings is 1. The Morgan fingerprint density at radius 1 is 0.587 bits per heavy atom. The molecule has 3 aliphatic carbocycles. The maximum absolute atomic E-state index is 7.50. The molecule has 63 heavy (non-hydrogen) atoms. The van der Waals surface area contributed by atoms with Gasteiger partial charge in [-0.3, -0.25) is 0 Å². The SMILES string of the molecule is C/C=C\c1oc2c(c1CC)-c1c(N(C3=C=C=CC=C3)c3cc4ccccc4c4ccccc34)cccc1C21c2ccccc2-c2cccc(N(c3ccccc3)c3ccccc3)c21. The lowest BCUT2D eigenvalue weighted by atomic mass is 9.72. The van der Waals surface area contributed by atoms with E-state index in [1.54, 1.807) is 0 Å². The van der Waals surface area contributed by atoms with Gasteiger partial charge in [0, 0.05) is 39.0 Å². The Balaban J connectivity index is 1.24. The summed E-state index contributed by atoms with van der Waals surface area (Å²) in [4.78, 5) is 4.84. The smallest absolute Gasteiger partial charge is 0.132 e. The van der Waals surface area contributed by atoms with Gasteiger partial charge in [-0.1, -0.05) is 158 Å². The van der Waals surface area contributed by atoms with E-state index < -0.39 is 5.41 Å². The van der Waals surface area contributed by atoms with E-state index in [1.807, 2.05) is 6.08 Å². The van der Waals surface area contributed by atoms with Crippen LogP contribution in [-0.4, -0.2) is 0 Å². The molecule has 0 aliphatic heterocycles. The molecule has 1 spiro atoms. The second kappa shape index (κ2) is 14.5. The topological polar surface area (TPSA) is 19.6 Å². The first-order valence-electron chi connectivity index (χ1n) is 21.9. The summed E-state index contributed by atoms with van der Waals surface area (Å²) in [5.74, 6) is 1.86. The van der Waals surface area contributed by atoms with E-state index in [1.165, 1.54) is 55.1 Å². The number of benzene rings is 8. The van der Waals surface area contributed by atoms with Gasteiger partial charge in [0.25, 0.3) is 0 Å². The number of fused-ring (bicyclic) bond motifs is 13. The fourth-order valence-electron chi connectivity index (χ4n) is 10.8. The van der Waals surface area contributed by atoms with Gasteiger partial charge in [-0.05, 0) is 118 Å². The summed E-state index contributed by atoms with van der Waals surface area (Å²) >= 11 is 0. The Labute approximate surface area is 367 Å². The molecule has 0 saturated heterocycles. The summed E-state index contributed by atoms with van der Waals surface area (Å²) in [7, 11) is 0. The van der Waals surface area contributed by atoms with E-state index in [4.69, 9.17) is 4.42 Å². The van der Waals surface area contributed by atoms with E-state index in [-0.39, 0.29) is 0 Å². The molecule has 0 bridgehead atoms. The summed E-state index contributed by atoms with van der Waals surface area (Å²) < 4.78 is 7.50. The average Bonchev–Trinajstić information content (AvgIpc) is 3.96. The Hall–Kier alpha value is -8.06. The van der Waals surface area contributed by atoms with Crippen molar-refractivity contribution in [2.75, 3.05) is 9.80 Å². The molecule has 0 radical (unpaired) electrons. The quantitative estimate of drug-likeness (QED) is 0.113. The number of hydrogen-bond donors (Lipinski definition) is 0. The first-order valence-corrected chi connectivity index (χ1v) is 21.9. The molecule has 3 nitrogen and oxygen atoms in total. The molecular weight excluding hydrogens is 765 g/mol. The highest BCUT2D eigenvalue weighted by Gasteiger charge is 2.57. The minimum Gasteiger partial charge on any atom is -0.459 e. The van der Waals surface area contributed by atoms with Crippen molar-refractivity contribution in [3.8, 4) is 22.3 Å². The van der Waals surface area contributed by atoms with Crippen molar-refractivity contribution in [3.05, 3.63) is 251 Å². The number of nitrogens with zero attached hydrogens (tertiary/aromatic N) is 2. The maximum atomic E-state index is 7.50. The van der Waals surface area contributed by atoms with E-state index >= 15 is 0 Å². The molecule has 298 valence electrons. The van der Waals surface area contributed by atoms with Crippen molar-refractivity contribution >= 4 is 56.1 Å². The van der Waals surface area contributed by atoms with E-state index in [2.05, 4.69) is 235 Å². The van der Waals surface area contributed by atoms with Crippen molar-refractivity contribution in [2.24, 2.45) is 0 Å². The normalized spacial score (nSPS) is 15.2. The van der Waals surface area contributed by atoms with Crippen LogP contribution in [0.25, 0.3) is 49.9 Å². The molecule has 12 rings (SSSR count). The monoisotopic (exact) mass is 806 g/mol. The van der Waals surface area contributed by atoms with E-state index in [0.717, 1.165) is 63.0 Å². The average molecular weight is 807 g/mol.